The van der Waals surface area contributed by atoms with Gasteiger partial charge in [-0.1, -0.05) is 25.1 Å². The van der Waals surface area contributed by atoms with Crippen LogP contribution in [0.1, 0.15) is 35.7 Å². The van der Waals surface area contributed by atoms with Crippen LogP contribution >= 0.6 is 0 Å². The molecule has 148 valence electrons. The Morgan fingerprint density at radius 2 is 2.11 bits per heavy atom. The average molecular weight is 382 g/mol. The first-order valence-electron chi connectivity index (χ1n) is 9.57. The van der Waals surface area contributed by atoms with Gasteiger partial charge in [0.1, 0.15) is 5.82 Å². The number of carbonyl (C=O) groups excluding carboxylic acids is 2. The molecule has 0 aliphatic carbocycles. The van der Waals surface area contributed by atoms with E-state index in [1.165, 1.54) is 0 Å². The summed E-state index contributed by atoms with van der Waals surface area (Å²) in [6, 6.07) is 11.0. The summed E-state index contributed by atoms with van der Waals surface area (Å²) in [6.07, 6.45) is 3.12. The van der Waals surface area contributed by atoms with Crippen LogP contribution in [-0.4, -0.2) is 42.6 Å². The zero-order valence-corrected chi connectivity index (χ0v) is 16.1. The highest BCUT2D eigenvalue weighted by atomic mass is 16.5. The van der Waals surface area contributed by atoms with Crippen LogP contribution in [-0.2, 0) is 11.2 Å². The van der Waals surface area contributed by atoms with E-state index in [0.29, 0.717) is 24.4 Å². The number of carbonyl (C=O) groups is 2. The first kappa shape index (κ1) is 19.7. The second kappa shape index (κ2) is 9.21. The normalized spacial score (nSPS) is 16.0. The number of benzene rings is 1. The SMILES string of the molecule is CCCOC(=O)N[C@H]1CCN(c2ccc(C(=O)Cc3ccccc3N)cn2)C1. The predicted octanol–water partition coefficient (Wildman–Crippen LogP) is 2.80. The molecular formula is C21H26N4O3. The fourth-order valence-corrected chi connectivity index (χ4v) is 3.20. The van der Waals surface area contributed by atoms with Crippen LogP contribution in [0, 0.1) is 0 Å². The zero-order chi connectivity index (χ0) is 19.9. The number of hydrogen-bond donors (Lipinski definition) is 2. The number of Topliss-reactive ketones (excluding diaryl/α,β-unsaturated/α-hetero) is 1. The Kier molecular flexibility index (Phi) is 6.47. The molecule has 1 atom stereocenters. The van der Waals surface area contributed by atoms with E-state index in [2.05, 4.69) is 15.2 Å². The molecular weight excluding hydrogens is 356 g/mol. The van der Waals surface area contributed by atoms with Crippen molar-refractivity contribution in [2.24, 2.45) is 0 Å². The molecule has 1 amide bonds. The number of pyridine rings is 1. The minimum atomic E-state index is -0.372. The number of anilines is 2. The minimum absolute atomic E-state index is 0.0171. The lowest BCUT2D eigenvalue weighted by atomic mass is 10.0. The first-order valence-corrected chi connectivity index (χ1v) is 9.57. The number of ketones is 1. The third-order valence-electron chi connectivity index (χ3n) is 4.75. The Balaban J connectivity index is 1.55. The Morgan fingerprint density at radius 3 is 2.82 bits per heavy atom. The van der Waals surface area contributed by atoms with Crippen LogP contribution < -0.4 is 16.0 Å². The van der Waals surface area contributed by atoms with Gasteiger partial charge in [0.15, 0.2) is 5.78 Å². The van der Waals surface area contributed by atoms with E-state index >= 15 is 0 Å². The van der Waals surface area contributed by atoms with Gasteiger partial charge >= 0.3 is 6.09 Å². The molecule has 3 rings (SSSR count). The summed E-state index contributed by atoms with van der Waals surface area (Å²) < 4.78 is 5.06. The maximum Gasteiger partial charge on any atom is 0.407 e. The molecule has 1 aliphatic heterocycles. The van der Waals surface area contributed by atoms with Crippen molar-refractivity contribution in [2.75, 3.05) is 30.3 Å². The largest absolute Gasteiger partial charge is 0.450 e. The number of aromatic nitrogens is 1. The molecule has 2 heterocycles. The van der Waals surface area contributed by atoms with Crippen LogP contribution in [0.3, 0.4) is 0 Å². The number of nitrogen functional groups attached to an aromatic ring is 1. The fraction of sp³-hybridized carbons (Fsp3) is 0.381. The molecule has 1 aromatic heterocycles. The van der Waals surface area contributed by atoms with Gasteiger partial charge in [0.25, 0.3) is 0 Å². The lowest BCUT2D eigenvalue weighted by molar-refractivity contribution is 0.0992. The molecule has 0 unspecified atom stereocenters. The molecule has 0 saturated carbocycles. The Hall–Kier alpha value is -3.09. The van der Waals surface area contributed by atoms with Crippen molar-refractivity contribution in [3.8, 4) is 0 Å². The molecule has 28 heavy (non-hydrogen) atoms. The topological polar surface area (TPSA) is 97.5 Å². The number of nitrogens with two attached hydrogens (primary N) is 1. The molecule has 0 bridgehead atoms. The molecule has 7 nitrogen and oxygen atoms in total. The smallest absolute Gasteiger partial charge is 0.407 e. The number of nitrogens with zero attached hydrogens (tertiary/aromatic N) is 2. The molecule has 2 aromatic rings. The van der Waals surface area contributed by atoms with Crippen LogP contribution in [0.5, 0.6) is 0 Å². The van der Waals surface area contributed by atoms with Gasteiger partial charge in [0.2, 0.25) is 0 Å². The van der Waals surface area contributed by atoms with Crippen LogP contribution in [0.25, 0.3) is 0 Å². The van der Waals surface area contributed by atoms with Gasteiger partial charge in [-0.25, -0.2) is 9.78 Å². The summed E-state index contributed by atoms with van der Waals surface area (Å²) >= 11 is 0. The van der Waals surface area contributed by atoms with Crippen molar-refractivity contribution < 1.29 is 14.3 Å². The number of alkyl carbamates (subject to hydrolysis) is 1. The second-order valence-corrected chi connectivity index (χ2v) is 6.92. The highest BCUT2D eigenvalue weighted by Gasteiger charge is 2.25. The molecule has 7 heteroatoms. The molecule has 3 N–H and O–H groups in total. The molecule has 1 aliphatic rings. The van der Waals surface area contributed by atoms with E-state index in [1.807, 2.05) is 31.2 Å². The van der Waals surface area contributed by atoms with Gasteiger partial charge in [-0.2, -0.15) is 0 Å². The van der Waals surface area contributed by atoms with E-state index in [-0.39, 0.29) is 24.3 Å². The third kappa shape index (κ3) is 5.00. The first-order chi connectivity index (χ1) is 13.6. The molecule has 1 fully saturated rings. The van der Waals surface area contributed by atoms with Crippen molar-refractivity contribution in [3.63, 3.8) is 0 Å². The van der Waals surface area contributed by atoms with Crippen molar-refractivity contribution in [1.29, 1.82) is 0 Å². The second-order valence-electron chi connectivity index (χ2n) is 6.92. The number of nitrogens with one attached hydrogen (secondary N) is 1. The monoisotopic (exact) mass is 382 g/mol. The zero-order valence-electron chi connectivity index (χ0n) is 16.1. The van der Waals surface area contributed by atoms with Crippen molar-refractivity contribution in [2.45, 2.75) is 32.2 Å². The van der Waals surface area contributed by atoms with Gasteiger partial charge in [0, 0.05) is 37.0 Å². The predicted molar refractivity (Wildman–Crippen MR) is 109 cm³/mol. The van der Waals surface area contributed by atoms with E-state index in [9.17, 15) is 9.59 Å². The lowest BCUT2D eigenvalue weighted by Crippen LogP contribution is -2.37. The van der Waals surface area contributed by atoms with Crippen LogP contribution in [0.15, 0.2) is 42.6 Å². The summed E-state index contributed by atoms with van der Waals surface area (Å²) in [5.41, 5.74) is 7.91. The van der Waals surface area contributed by atoms with Crippen LogP contribution in [0.2, 0.25) is 0 Å². The van der Waals surface area contributed by atoms with Gasteiger partial charge in [0.05, 0.1) is 12.6 Å². The highest BCUT2D eigenvalue weighted by Crippen LogP contribution is 2.20. The molecule has 1 saturated heterocycles. The van der Waals surface area contributed by atoms with Gasteiger partial charge in [-0.3, -0.25) is 4.79 Å². The van der Waals surface area contributed by atoms with Crippen molar-refractivity contribution in [1.82, 2.24) is 10.3 Å². The summed E-state index contributed by atoms with van der Waals surface area (Å²) in [4.78, 5) is 30.7. The summed E-state index contributed by atoms with van der Waals surface area (Å²) in [5, 5.41) is 2.88. The summed E-state index contributed by atoms with van der Waals surface area (Å²) in [7, 11) is 0. The minimum Gasteiger partial charge on any atom is -0.450 e. The Labute approximate surface area is 164 Å². The van der Waals surface area contributed by atoms with E-state index in [1.54, 1.807) is 18.3 Å². The van der Waals surface area contributed by atoms with Crippen LogP contribution in [0.4, 0.5) is 16.3 Å². The van der Waals surface area contributed by atoms with Gasteiger partial charge in [-0.15, -0.1) is 0 Å². The van der Waals surface area contributed by atoms with E-state index in [4.69, 9.17) is 10.5 Å². The number of hydrogen-bond acceptors (Lipinski definition) is 6. The number of para-hydroxylation sites is 1. The summed E-state index contributed by atoms with van der Waals surface area (Å²) in [6.45, 7) is 3.84. The number of rotatable bonds is 7. The third-order valence-corrected chi connectivity index (χ3v) is 4.75. The molecule has 0 radical (unpaired) electrons. The maximum absolute atomic E-state index is 12.5. The molecule has 1 aromatic carbocycles. The maximum atomic E-state index is 12.5. The lowest BCUT2D eigenvalue weighted by Gasteiger charge is -2.18. The average Bonchev–Trinajstić information content (AvgIpc) is 3.16. The van der Waals surface area contributed by atoms with E-state index < -0.39 is 0 Å². The Bertz CT molecular complexity index is 823. The fourth-order valence-electron chi connectivity index (χ4n) is 3.20. The highest BCUT2D eigenvalue weighted by molar-refractivity contribution is 5.98. The standard InChI is InChI=1S/C21H26N4O3/c1-2-11-28-21(27)24-17-9-10-25(14-17)20-8-7-16(13-23-20)19(26)12-15-5-3-4-6-18(15)22/h3-8,13,17H,2,9-12,14,22H2,1H3,(H,24,27)/t17-/m0/s1. The number of ether oxygens (including phenoxy) is 1. The van der Waals surface area contributed by atoms with Gasteiger partial charge < -0.3 is 20.7 Å². The van der Waals surface area contributed by atoms with E-state index in [0.717, 1.165) is 30.8 Å². The summed E-state index contributed by atoms with van der Waals surface area (Å²) in [5.74, 6) is 0.776. The quantitative estimate of drug-likeness (QED) is 0.564. The Morgan fingerprint density at radius 1 is 1.29 bits per heavy atom. The van der Waals surface area contributed by atoms with Crippen molar-refractivity contribution >= 4 is 23.4 Å². The number of amides is 1. The molecule has 0 spiro atoms. The van der Waals surface area contributed by atoms with Crippen molar-refractivity contribution in [3.05, 3.63) is 53.7 Å². The van der Waals surface area contributed by atoms with Gasteiger partial charge in [-0.05, 0) is 36.6 Å².